The first-order chi connectivity index (χ1) is 14.2. The van der Waals surface area contributed by atoms with Gasteiger partial charge in [-0.2, -0.15) is 5.10 Å². The van der Waals surface area contributed by atoms with E-state index in [2.05, 4.69) is 10.4 Å². The van der Waals surface area contributed by atoms with Crippen molar-refractivity contribution in [3.63, 3.8) is 0 Å². The number of thiophene rings is 1. The van der Waals surface area contributed by atoms with E-state index in [-0.39, 0.29) is 18.4 Å². The van der Waals surface area contributed by atoms with E-state index < -0.39 is 0 Å². The summed E-state index contributed by atoms with van der Waals surface area (Å²) in [5, 5.41) is 9.87. The zero-order chi connectivity index (χ0) is 20.0. The molecule has 4 aromatic rings. The monoisotopic (exact) mass is 403 g/mol. The van der Waals surface area contributed by atoms with E-state index in [0.29, 0.717) is 34.5 Å². The van der Waals surface area contributed by atoms with Crippen LogP contribution in [0.25, 0.3) is 21.6 Å². The van der Waals surface area contributed by atoms with Gasteiger partial charge < -0.3 is 5.32 Å². The molecule has 0 aliphatic carbocycles. The lowest BCUT2D eigenvalue weighted by molar-refractivity contribution is -0.115. The highest BCUT2D eigenvalue weighted by Crippen LogP contribution is 2.33. The van der Waals surface area contributed by atoms with Gasteiger partial charge in [0.25, 0.3) is 5.91 Å². The van der Waals surface area contributed by atoms with Crippen molar-refractivity contribution in [2.24, 2.45) is 0 Å². The lowest BCUT2D eigenvalue weighted by Crippen LogP contribution is -2.42. The molecule has 1 aliphatic heterocycles. The SMILES string of the molecule is CCn1ncc2c(C(=O)N3CC(=O)Nc4ccccc43)cc(-c3cccs3)nc21. The Morgan fingerprint density at radius 1 is 1.24 bits per heavy atom. The van der Waals surface area contributed by atoms with Crippen molar-refractivity contribution in [2.75, 3.05) is 16.8 Å². The van der Waals surface area contributed by atoms with Crippen LogP contribution in [-0.2, 0) is 11.3 Å². The molecule has 3 aromatic heterocycles. The van der Waals surface area contributed by atoms with Crippen LogP contribution < -0.4 is 10.2 Å². The molecule has 0 spiro atoms. The minimum atomic E-state index is -0.242. The van der Waals surface area contributed by atoms with Gasteiger partial charge >= 0.3 is 0 Å². The van der Waals surface area contributed by atoms with Gasteiger partial charge in [-0.15, -0.1) is 11.3 Å². The summed E-state index contributed by atoms with van der Waals surface area (Å²) in [6.07, 6.45) is 1.67. The number of nitrogens with zero attached hydrogens (tertiary/aromatic N) is 4. The Hall–Kier alpha value is -3.52. The van der Waals surface area contributed by atoms with Crippen molar-refractivity contribution in [1.82, 2.24) is 14.8 Å². The minimum absolute atomic E-state index is 0.0318. The van der Waals surface area contributed by atoms with Gasteiger partial charge in [-0.25, -0.2) is 9.67 Å². The maximum atomic E-state index is 13.6. The summed E-state index contributed by atoms with van der Waals surface area (Å²) in [5.41, 5.74) is 3.19. The standard InChI is InChI=1S/C21H17N5O2S/c1-2-26-20-14(11-22-26)13(10-16(24-20)18-8-5-9-29-18)21(28)25-12-19(27)23-15-6-3-4-7-17(15)25/h3-11H,2,12H2,1H3,(H,23,27). The molecular formula is C21H17N5O2S. The Kier molecular flexibility index (Phi) is 4.13. The molecule has 0 bridgehead atoms. The van der Waals surface area contributed by atoms with Crippen LogP contribution in [0.4, 0.5) is 11.4 Å². The van der Waals surface area contributed by atoms with E-state index in [1.165, 1.54) is 4.90 Å². The summed E-state index contributed by atoms with van der Waals surface area (Å²) in [4.78, 5) is 33.1. The van der Waals surface area contributed by atoms with Gasteiger partial charge in [-0.05, 0) is 36.6 Å². The summed E-state index contributed by atoms with van der Waals surface area (Å²) in [7, 11) is 0. The van der Waals surface area contributed by atoms with Gasteiger partial charge in [0.05, 0.1) is 39.1 Å². The van der Waals surface area contributed by atoms with E-state index in [9.17, 15) is 9.59 Å². The molecule has 144 valence electrons. The molecule has 8 heteroatoms. The number of carbonyl (C=O) groups is 2. The fourth-order valence-electron chi connectivity index (χ4n) is 3.57. The first-order valence-electron chi connectivity index (χ1n) is 9.27. The first-order valence-corrected chi connectivity index (χ1v) is 10.1. The summed E-state index contributed by atoms with van der Waals surface area (Å²) >= 11 is 1.56. The fourth-order valence-corrected chi connectivity index (χ4v) is 4.25. The molecule has 0 fully saturated rings. The zero-order valence-electron chi connectivity index (χ0n) is 15.6. The van der Waals surface area contributed by atoms with Gasteiger partial charge in [0, 0.05) is 6.54 Å². The number of rotatable bonds is 3. The lowest BCUT2D eigenvalue weighted by atomic mass is 10.1. The molecule has 0 saturated carbocycles. The molecule has 0 radical (unpaired) electrons. The van der Waals surface area contributed by atoms with Crippen LogP contribution in [0.1, 0.15) is 17.3 Å². The maximum Gasteiger partial charge on any atom is 0.259 e. The average molecular weight is 403 g/mol. The molecule has 7 nitrogen and oxygen atoms in total. The van der Waals surface area contributed by atoms with E-state index >= 15 is 0 Å². The summed E-state index contributed by atoms with van der Waals surface area (Å²) in [6, 6.07) is 13.0. The van der Waals surface area contributed by atoms with E-state index in [0.717, 1.165) is 10.6 Å². The number of hydrogen-bond donors (Lipinski definition) is 1. The van der Waals surface area contributed by atoms with Gasteiger partial charge in [0.2, 0.25) is 5.91 Å². The second kappa shape index (κ2) is 6.82. The van der Waals surface area contributed by atoms with Crippen molar-refractivity contribution in [1.29, 1.82) is 0 Å². The van der Waals surface area contributed by atoms with Crippen molar-refractivity contribution in [2.45, 2.75) is 13.5 Å². The van der Waals surface area contributed by atoms with Crippen LogP contribution in [0.2, 0.25) is 0 Å². The zero-order valence-corrected chi connectivity index (χ0v) is 16.4. The van der Waals surface area contributed by atoms with Crippen LogP contribution in [-0.4, -0.2) is 33.1 Å². The molecule has 0 unspecified atom stereocenters. The van der Waals surface area contributed by atoms with E-state index in [4.69, 9.17) is 4.98 Å². The second-order valence-electron chi connectivity index (χ2n) is 6.69. The van der Waals surface area contributed by atoms with Crippen LogP contribution in [0.15, 0.2) is 54.0 Å². The number of aromatic nitrogens is 3. The topological polar surface area (TPSA) is 80.1 Å². The van der Waals surface area contributed by atoms with Crippen LogP contribution >= 0.6 is 11.3 Å². The third-order valence-electron chi connectivity index (χ3n) is 4.93. The number of amides is 2. The molecule has 1 N–H and O–H groups in total. The van der Waals surface area contributed by atoms with Gasteiger partial charge in [-0.3, -0.25) is 14.5 Å². The molecule has 4 heterocycles. The largest absolute Gasteiger partial charge is 0.323 e. The number of hydrogen-bond acceptors (Lipinski definition) is 5. The molecule has 2 amide bonds. The van der Waals surface area contributed by atoms with Crippen molar-refractivity contribution < 1.29 is 9.59 Å². The van der Waals surface area contributed by atoms with Gasteiger partial charge in [0.15, 0.2) is 5.65 Å². The van der Waals surface area contributed by atoms with Crippen molar-refractivity contribution in [3.05, 3.63) is 59.6 Å². The summed E-state index contributed by atoms with van der Waals surface area (Å²) in [6.45, 7) is 2.60. The number of carbonyl (C=O) groups excluding carboxylic acids is 2. The highest BCUT2D eigenvalue weighted by Gasteiger charge is 2.29. The average Bonchev–Trinajstić information content (AvgIpc) is 3.41. The van der Waals surface area contributed by atoms with Gasteiger partial charge in [-0.1, -0.05) is 18.2 Å². The third-order valence-corrected chi connectivity index (χ3v) is 5.82. The Balaban J connectivity index is 1.69. The smallest absolute Gasteiger partial charge is 0.259 e. The Morgan fingerprint density at radius 2 is 2.10 bits per heavy atom. The van der Waals surface area contributed by atoms with E-state index in [1.807, 2.05) is 42.6 Å². The maximum absolute atomic E-state index is 13.6. The minimum Gasteiger partial charge on any atom is -0.323 e. The van der Waals surface area contributed by atoms with Crippen LogP contribution in [0, 0.1) is 0 Å². The number of aryl methyl sites for hydroxylation is 1. The highest BCUT2D eigenvalue weighted by molar-refractivity contribution is 7.13. The molecule has 0 atom stereocenters. The van der Waals surface area contributed by atoms with E-state index in [1.54, 1.807) is 34.3 Å². The quantitative estimate of drug-likeness (QED) is 0.565. The fraction of sp³-hybridized carbons (Fsp3) is 0.143. The Morgan fingerprint density at radius 3 is 2.90 bits per heavy atom. The highest BCUT2D eigenvalue weighted by atomic mass is 32.1. The molecule has 0 saturated heterocycles. The summed E-state index contributed by atoms with van der Waals surface area (Å²) in [5.74, 6) is -0.460. The van der Waals surface area contributed by atoms with Crippen molar-refractivity contribution in [3.8, 4) is 10.6 Å². The first kappa shape index (κ1) is 17.6. The Labute approximate surface area is 170 Å². The number of pyridine rings is 1. The lowest BCUT2D eigenvalue weighted by Gasteiger charge is -2.29. The number of nitrogens with one attached hydrogen (secondary N) is 1. The molecule has 1 aliphatic rings. The Bertz CT molecular complexity index is 1250. The van der Waals surface area contributed by atoms with Crippen molar-refractivity contribution >= 4 is 45.6 Å². The van der Waals surface area contributed by atoms with Crippen LogP contribution in [0.3, 0.4) is 0 Å². The number of fused-ring (bicyclic) bond motifs is 2. The molecule has 5 rings (SSSR count). The predicted molar refractivity (Wildman–Crippen MR) is 113 cm³/mol. The molecular weight excluding hydrogens is 386 g/mol. The third kappa shape index (κ3) is 2.89. The molecule has 1 aromatic carbocycles. The predicted octanol–water partition coefficient (Wildman–Crippen LogP) is 3.78. The number of anilines is 2. The molecule has 29 heavy (non-hydrogen) atoms. The van der Waals surface area contributed by atoms with Crippen LogP contribution in [0.5, 0.6) is 0 Å². The second-order valence-corrected chi connectivity index (χ2v) is 7.63. The number of para-hydroxylation sites is 2. The summed E-state index contributed by atoms with van der Waals surface area (Å²) < 4.78 is 1.78. The number of benzene rings is 1. The van der Waals surface area contributed by atoms with Gasteiger partial charge in [0.1, 0.15) is 6.54 Å². The normalized spacial score (nSPS) is 13.4.